The molecule has 0 aromatic heterocycles. The van der Waals surface area contributed by atoms with Crippen molar-refractivity contribution in [1.29, 1.82) is 0 Å². The van der Waals surface area contributed by atoms with Crippen molar-refractivity contribution >= 4 is 16.1 Å². The number of ether oxygens (including phenoxy) is 4. The molecule has 28 heavy (non-hydrogen) atoms. The molecule has 0 aliphatic carbocycles. The molecule has 0 radical (unpaired) electrons. The van der Waals surface area contributed by atoms with Crippen LogP contribution in [0.3, 0.4) is 0 Å². The van der Waals surface area contributed by atoms with Gasteiger partial charge in [-0.2, -0.15) is 8.42 Å². The second kappa shape index (κ2) is 8.83. The monoisotopic (exact) mass is 432 g/mol. The van der Waals surface area contributed by atoms with Crippen molar-refractivity contribution in [2.75, 3.05) is 7.11 Å². The van der Waals surface area contributed by atoms with E-state index in [2.05, 4.69) is 4.33 Å². The summed E-state index contributed by atoms with van der Waals surface area (Å²) in [7, 11) is -3.67. The highest BCUT2D eigenvalue weighted by atomic mass is 32.2. The number of hydrogen-bond acceptors (Lipinski definition) is 12. The third-order valence-electron chi connectivity index (χ3n) is 4.88. The maximum absolute atomic E-state index is 12.1. The molecule has 2 aliphatic heterocycles. The van der Waals surface area contributed by atoms with Crippen LogP contribution in [0.5, 0.6) is 0 Å². The van der Waals surface area contributed by atoms with Crippen molar-refractivity contribution in [3.63, 3.8) is 0 Å². The Kier molecular flexibility index (Phi) is 7.36. The summed E-state index contributed by atoms with van der Waals surface area (Å²) < 4.78 is 48.5. The van der Waals surface area contributed by atoms with E-state index in [1.54, 1.807) is 0 Å². The minimum Gasteiger partial charge on any atom is -0.479 e. The van der Waals surface area contributed by atoms with E-state index in [-0.39, 0.29) is 0 Å². The number of carboxylic acids is 1. The first-order chi connectivity index (χ1) is 13.0. The Morgan fingerprint density at radius 1 is 1.00 bits per heavy atom. The van der Waals surface area contributed by atoms with Gasteiger partial charge in [0.15, 0.2) is 18.7 Å². The van der Waals surface area contributed by atoms with Crippen molar-refractivity contribution in [3.05, 3.63) is 0 Å². The van der Waals surface area contributed by atoms with E-state index in [1.165, 1.54) is 13.8 Å². The van der Waals surface area contributed by atoms with Gasteiger partial charge < -0.3 is 39.4 Å². The summed E-state index contributed by atoms with van der Waals surface area (Å²) in [4.78, 5) is 11.3. The van der Waals surface area contributed by atoms with E-state index >= 15 is 0 Å². The molecular weight excluding hydrogens is 408 g/mol. The number of carboxylic acid groups (broad SMARTS) is 1. The zero-order valence-electron chi connectivity index (χ0n) is 15.2. The van der Waals surface area contributed by atoms with Crippen LogP contribution in [0, 0.1) is 5.92 Å². The van der Waals surface area contributed by atoms with Crippen molar-refractivity contribution in [1.82, 2.24) is 0 Å². The zero-order valence-corrected chi connectivity index (χ0v) is 16.0. The summed E-state index contributed by atoms with van der Waals surface area (Å²) in [5.74, 6) is -2.42. The van der Waals surface area contributed by atoms with Gasteiger partial charge >= 0.3 is 16.1 Å². The van der Waals surface area contributed by atoms with Crippen molar-refractivity contribution in [2.45, 2.75) is 68.3 Å². The molecule has 0 aromatic carbocycles. The quantitative estimate of drug-likeness (QED) is 0.218. The van der Waals surface area contributed by atoms with Gasteiger partial charge in [0.05, 0.1) is 12.2 Å². The summed E-state index contributed by atoms with van der Waals surface area (Å²) >= 11 is 0. The Morgan fingerprint density at radius 2 is 1.61 bits per heavy atom. The van der Waals surface area contributed by atoms with Gasteiger partial charge in [0, 0.05) is 13.0 Å². The molecule has 0 saturated carbocycles. The van der Waals surface area contributed by atoms with Crippen LogP contribution in [0.2, 0.25) is 0 Å². The lowest BCUT2D eigenvalue weighted by molar-refractivity contribution is -0.325. The average Bonchev–Trinajstić information content (AvgIpc) is 2.63. The highest BCUT2D eigenvalue weighted by molar-refractivity contribution is 7.87. The minimum atomic E-state index is -4.81. The molecule has 164 valence electrons. The maximum atomic E-state index is 12.1. The molecule has 13 nitrogen and oxygen atoms in total. The summed E-state index contributed by atoms with van der Waals surface area (Å²) in [6, 6.07) is 0. The fourth-order valence-electron chi connectivity index (χ4n) is 3.30. The van der Waals surface area contributed by atoms with E-state index in [4.69, 9.17) is 24.2 Å². The van der Waals surface area contributed by atoms with Crippen LogP contribution < -0.4 is 0 Å². The van der Waals surface area contributed by atoms with Gasteiger partial charge in [-0.25, -0.2) is 10.1 Å². The second-order valence-corrected chi connectivity index (χ2v) is 8.35. The second-order valence-electron chi connectivity index (χ2n) is 6.67. The van der Waals surface area contributed by atoms with Crippen LogP contribution >= 0.6 is 0 Å². The third-order valence-corrected chi connectivity index (χ3v) is 6.30. The molecule has 0 aromatic rings. The Bertz CT molecular complexity index is 654. The Balaban J connectivity index is 2.33. The largest absolute Gasteiger partial charge is 0.479 e. The number of aliphatic hydroxyl groups is 3. The number of methoxy groups -OCH3 is 1. The van der Waals surface area contributed by atoms with Gasteiger partial charge in [0.25, 0.3) is 0 Å². The van der Waals surface area contributed by atoms with Crippen LogP contribution in [0.4, 0.5) is 0 Å². The molecule has 0 spiro atoms. The first kappa shape index (κ1) is 23.3. The van der Waals surface area contributed by atoms with Gasteiger partial charge in [-0.1, -0.05) is 6.92 Å². The lowest BCUT2D eigenvalue weighted by atomic mass is 9.90. The smallest absolute Gasteiger partial charge is 0.333 e. The number of aliphatic carboxylic acids is 1. The third kappa shape index (κ3) is 4.30. The SMILES string of the molecule is CO[C@@H]1OC(C)[C@H](O[C@@H]2OC(C(=O)O)C(C)C(O)[C@H]2O)[C@@H](S(=O)(=O)OO)C1O. The summed E-state index contributed by atoms with van der Waals surface area (Å²) in [5, 5.41) is 46.5. The fraction of sp³-hybridized carbons (Fsp3) is 0.929. The van der Waals surface area contributed by atoms with Gasteiger partial charge in [-0.3, -0.25) is 0 Å². The average molecular weight is 432 g/mol. The highest BCUT2D eigenvalue weighted by Crippen LogP contribution is 2.33. The Hall–Kier alpha value is -0.940. The predicted octanol–water partition coefficient (Wildman–Crippen LogP) is -2.52. The molecule has 5 unspecified atom stereocenters. The van der Waals surface area contributed by atoms with E-state index in [0.717, 1.165) is 7.11 Å². The van der Waals surface area contributed by atoms with Crippen molar-refractivity contribution in [3.8, 4) is 0 Å². The van der Waals surface area contributed by atoms with Crippen molar-refractivity contribution < 1.29 is 62.2 Å². The lowest BCUT2D eigenvalue weighted by Gasteiger charge is -2.45. The highest BCUT2D eigenvalue weighted by Gasteiger charge is 2.55. The van der Waals surface area contributed by atoms with Gasteiger partial charge in [0.1, 0.15) is 23.6 Å². The summed E-state index contributed by atoms with van der Waals surface area (Å²) in [6.07, 6.45) is -12.6. The van der Waals surface area contributed by atoms with E-state index < -0.39 is 76.5 Å². The number of aliphatic hydroxyl groups excluding tert-OH is 3. The van der Waals surface area contributed by atoms with E-state index in [9.17, 15) is 33.6 Å². The first-order valence-corrected chi connectivity index (χ1v) is 9.76. The molecule has 0 bridgehead atoms. The van der Waals surface area contributed by atoms with Crippen LogP contribution in [0.15, 0.2) is 0 Å². The van der Waals surface area contributed by atoms with Gasteiger partial charge in [-0.15, -0.1) is 4.33 Å². The molecule has 2 saturated heterocycles. The molecule has 2 fully saturated rings. The Labute approximate surface area is 160 Å². The molecular formula is C14H24O13S. The molecule has 14 heteroatoms. The van der Waals surface area contributed by atoms with Crippen LogP contribution in [0.25, 0.3) is 0 Å². The van der Waals surface area contributed by atoms with E-state index in [0.29, 0.717) is 0 Å². The number of rotatable bonds is 6. The zero-order chi connectivity index (χ0) is 21.4. The fourth-order valence-corrected chi connectivity index (χ4v) is 4.49. The Morgan fingerprint density at radius 3 is 2.11 bits per heavy atom. The predicted molar refractivity (Wildman–Crippen MR) is 86.1 cm³/mol. The minimum absolute atomic E-state index is 0.990. The molecule has 10 atom stereocenters. The van der Waals surface area contributed by atoms with Gasteiger partial charge in [0.2, 0.25) is 0 Å². The maximum Gasteiger partial charge on any atom is 0.333 e. The van der Waals surface area contributed by atoms with Crippen LogP contribution in [-0.2, 0) is 38.2 Å². The normalized spacial score (nSPS) is 45.0. The molecule has 2 heterocycles. The number of carbonyl (C=O) groups is 1. The summed E-state index contributed by atoms with van der Waals surface area (Å²) in [5.41, 5.74) is 0. The topological polar surface area (TPSA) is 199 Å². The lowest BCUT2D eigenvalue weighted by Crippen LogP contribution is -2.64. The molecule has 2 rings (SSSR count). The van der Waals surface area contributed by atoms with Gasteiger partial charge in [-0.05, 0) is 6.92 Å². The molecule has 5 N–H and O–H groups in total. The molecule has 0 amide bonds. The van der Waals surface area contributed by atoms with Crippen LogP contribution in [-0.4, -0.2) is 102 Å². The first-order valence-electron chi connectivity index (χ1n) is 8.29. The number of hydrogen-bond donors (Lipinski definition) is 5. The molecule has 2 aliphatic rings. The van der Waals surface area contributed by atoms with Crippen LogP contribution in [0.1, 0.15) is 13.8 Å². The van der Waals surface area contributed by atoms with E-state index in [1.807, 2.05) is 0 Å². The summed E-state index contributed by atoms with van der Waals surface area (Å²) in [6.45, 7) is 2.69. The van der Waals surface area contributed by atoms with Crippen molar-refractivity contribution in [2.24, 2.45) is 5.92 Å². The standard InChI is InChI=1S/C14H24O13S/c1-4-6(15)7(16)14(25-9(4)12(18)19)26-10-5(2)24-13(23-3)8(17)11(10)28(21,22)27-20/h4-11,13-17,20H,1-3H3,(H,18,19)/t4?,5?,6?,7-,8?,9?,10+,11+,13-,14+/m1/s1.